The van der Waals surface area contributed by atoms with Crippen LogP contribution in [0.15, 0.2) is 39.7 Å². The first kappa shape index (κ1) is 22.4. The number of halogens is 2. The van der Waals surface area contributed by atoms with Crippen molar-refractivity contribution in [2.75, 3.05) is 6.54 Å². The van der Waals surface area contributed by atoms with Crippen LogP contribution in [0.4, 0.5) is 0 Å². The van der Waals surface area contributed by atoms with E-state index in [1.807, 2.05) is 24.3 Å². The molecule has 3 nitrogen and oxygen atoms in total. The van der Waals surface area contributed by atoms with E-state index in [2.05, 4.69) is 13.8 Å². The number of furan rings is 1. The van der Waals surface area contributed by atoms with Gasteiger partial charge in [0.1, 0.15) is 15.8 Å². The second kappa shape index (κ2) is 10.2. The Morgan fingerprint density at radius 2 is 2.03 bits per heavy atom. The van der Waals surface area contributed by atoms with Gasteiger partial charge >= 0.3 is 0 Å². The Hall–Kier alpha value is -1.27. The van der Waals surface area contributed by atoms with Crippen molar-refractivity contribution in [3.63, 3.8) is 0 Å². The molecule has 0 spiro atoms. The number of amides is 1. The molecule has 0 radical (unpaired) electrons. The first-order valence-corrected chi connectivity index (χ1v) is 11.7. The minimum Gasteiger partial charge on any atom is -0.457 e. The number of carbonyl (C=O) groups is 1. The van der Waals surface area contributed by atoms with E-state index < -0.39 is 0 Å². The number of nitrogens with zero attached hydrogens (tertiary/aromatic N) is 1. The Labute approximate surface area is 191 Å². The lowest BCUT2D eigenvalue weighted by molar-refractivity contribution is -0.122. The van der Waals surface area contributed by atoms with Gasteiger partial charge in [-0.3, -0.25) is 9.69 Å². The van der Waals surface area contributed by atoms with Crippen molar-refractivity contribution in [3.05, 3.63) is 51.0 Å². The van der Waals surface area contributed by atoms with Crippen molar-refractivity contribution in [2.24, 2.45) is 5.92 Å². The average Bonchev–Trinajstić information content (AvgIpc) is 3.27. The molecule has 1 fully saturated rings. The zero-order valence-corrected chi connectivity index (χ0v) is 19.6. The van der Waals surface area contributed by atoms with Gasteiger partial charge in [-0.15, -0.1) is 0 Å². The molecule has 0 bridgehead atoms. The molecule has 0 N–H and O–H groups in total. The van der Waals surface area contributed by atoms with Crippen molar-refractivity contribution >= 4 is 63.5 Å². The maximum atomic E-state index is 12.9. The summed E-state index contributed by atoms with van der Waals surface area (Å²) in [5.41, 5.74) is 0.716. The molecule has 1 aromatic heterocycles. The summed E-state index contributed by atoms with van der Waals surface area (Å²) in [4.78, 5) is 15.2. The van der Waals surface area contributed by atoms with Crippen molar-refractivity contribution < 1.29 is 9.21 Å². The van der Waals surface area contributed by atoms with Crippen LogP contribution >= 0.6 is 47.2 Å². The first-order chi connectivity index (χ1) is 13.9. The number of thioether (sulfide) groups is 1. The Balaban J connectivity index is 1.76. The molecule has 2 aromatic rings. The van der Waals surface area contributed by atoms with Crippen molar-refractivity contribution in [2.45, 2.75) is 39.5 Å². The fraction of sp³-hybridized carbons (Fsp3) is 0.364. The normalized spacial score (nSPS) is 16.8. The Kier molecular flexibility index (Phi) is 7.85. The van der Waals surface area contributed by atoms with Crippen LogP contribution in [0.25, 0.3) is 17.4 Å². The van der Waals surface area contributed by atoms with Crippen LogP contribution in [0.5, 0.6) is 0 Å². The third-order valence-corrected chi connectivity index (χ3v) is 7.17. The zero-order valence-electron chi connectivity index (χ0n) is 16.4. The number of rotatable bonds is 8. The third kappa shape index (κ3) is 5.26. The topological polar surface area (TPSA) is 33.5 Å². The van der Waals surface area contributed by atoms with Gasteiger partial charge in [-0.25, -0.2) is 0 Å². The molecule has 7 heteroatoms. The largest absolute Gasteiger partial charge is 0.457 e. The second-order valence-corrected chi connectivity index (χ2v) is 9.47. The molecule has 1 aromatic carbocycles. The summed E-state index contributed by atoms with van der Waals surface area (Å²) in [5, 5.41) is 0.913. The molecular weight excluding hydrogens is 445 g/mol. The molecule has 0 aliphatic carbocycles. The van der Waals surface area contributed by atoms with Gasteiger partial charge in [-0.2, -0.15) is 0 Å². The summed E-state index contributed by atoms with van der Waals surface area (Å²) in [6, 6.07) is 9.03. The van der Waals surface area contributed by atoms with Crippen LogP contribution in [-0.2, 0) is 4.79 Å². The Morgan fingerprint density at radius 1 is 1.24 bits per heavy atom. The first-order valence-electron chi connectivity index (χ1n) is 9.74. The summed E-state index contributed by atoms with van der Waals surface area (Å²) in [7, 11) is 0. The number of carbonyl (C=O) groups excluding carboxylic acids is 1. The van der Waals surface area contributed by atoms with E-state index in [4.69, 9.17) is 39.8 Å². The summed E-state index contributed by atoms with van der Waals surface area (Å²) in [5.74, 6) is 1.60. The predicted octanol–water partition coefficient (Wildman–Crippen LogP) is 7.67. The summed E-state index contributed by atoms with van der Waals surface area (Å²) < 4.78 is 6.51. The van der Waals surface area contributed by atoms with Gasteiger partial charge < -0.3 is 4.42 Å². The van der Waals surface area contributed by atoms with Gasteiger partial charge in [0.2, 0.25) is 0 Å². The molecule has 29 heavy (non-hydrogen) atoms. The van der Waals surface area contributed by atoms with Gasteiger partial charge in [0, 0.05) is 18.2 Å². The minimum absolute atomic E-state index is 0.0475. The zero-order chi connectivity index (χ0) is 21.0. The molecule has 1 aliphatic rings. The van der Waals surface area contributed by atoms with E-state index in [-0.39, 0.29) is 5.91 Å². The minimum atomic E-state index is -0.0475. The number of unbranched alkanes of at least 4 members (excludes halogenated alkanes) is 1. The standard InChI is InChI=1S/C22H23Cl2NO2S2/c1-3-5-7-14(4-2)13-25-21(26)19(29-22(25)28)12-15-10-11-18(27-15)16-8-6-9-17(23)20(16)24/h6,8-12,14H,3-5,7,13H2,1-2H3/b19-12-. The Bertz CT molecular complexity index is 939. The predicted molar refractivity (Wildman–Crippen MR) is 127 cm³/mol. The molecule has 1 saturated heterocycles. The van der Waals surface area contributed by atoms with E-state index in [0.29, 0.717) is 48.8 Å². The number of hydrogen-bond acceptors (Lipinski definition) is 4. The lowest BCUT2D eigenvalue weighted by Crippen LogP contribution is -2.33. The van der Waals surface area contributed by atoms with Gasteiger partial charge in [0.15, 0.2) is 0 Å². The van der Waals surface area contributed by atoms with Crippen LogP contribution in [0.1, 0.15) is 45.3 Å². The molecule has 0 saturated carbocycles. The smallest absolute Gasteiger partial charge is 0.266 e. The molecule has 1 amide bonds. The highest BCUT2D eigenvalue weighted by Crippen LogP contribution is 2.37. The average molecular weight is 468 g/mol. The molecular formula is C22H23Cl2NO2S2. The fourth-order valence-electron chi connectivity index (χ4n) is 3.23. The maximum absolute atomic E-state index is 12.9. The quantitative estimate of drug-likeness (QED) is 0.294. The summed E-state index contributed by atoms with van der Waals surface area (Å²) >= 11 is 19.2. The van der Waals surface area contributed by atoms with E-state index in [0.717, 1.165) is 19.3 Å². The van der Waals surface area contributed by atoms with Gasteiger partial charge in [-0.1, -0.05) is 86.4 Å². The highest BCUT2D eigenvalue weighted by atomic mass is 35.5. The highest BCUT2D eigenvalue weighted by Gasteiger charge is 2.33. The van der Waals surface area contributed by atoms with E-state index >= 15 is 0 Å². The third-order valence-electron chi connectivity index (χ3n) is 4.97. The second-order valence-electron chi connectivity index (χ2n) is 7.01. The van der Waals surface area contributed by atoms with E-state index in [9.17, 15) is 4.79 Å². The van der Waals surface area contributed by atoms with Crippen molar-refractivity contribution in [1.29, 1.82) is 0 Å². The monoisotopic (exact) mass is 467 g/mol. The number of hydrogen-bond donors (Lipinski definition) is 0. The van der Waals surface area contributed by atoms with Crippen LogP contribution in [0.2, 0.25) is 10.0 Å². The highest BCUT2D eigenvalue weighted by molar-refractivity contribution is 8.26. The molecule has 1 atom stereocenters. The molecule has 2 heterocycles. The summed E-state index contributed by atoms with van der Waals surface area (Å²) in [6.45, 7) is 5.03. The SMILES string of the molecule is CCCCC(CC)CN1C(=O)/C(=C/c2ccc(-c3cccc(Cl)c3Cl)o2)SC1=S. The van der Waals surface area contributed by atoms with Gasteiger partial charge in [0.25, 0.3) is 5.91 Å². The summed E-state index contributed by atoms with van der Waals surface area (Å²) in [6.07, 6.45) is 6.23. The van der Waals surface area contributed by atoms with E-state index in [1.54, 1.807) is 17.0 Å². The Morgan fingerprint density at radius 3 is 2.76 bits per heavy atom. The van der Waals surface area contributed by atoms with E-state index in [1.165, 1.54) is 18.2 Å². The van der Waals surface area contributed by atoms with Crippen molar-refractivity contribution in [1.82, 2.24) is 4.90 Å². The van der Waals surface area contributed by atoms with Crippen LogP contribution in [0.3, 0.4) is 0 Å². The van der Waals surface area contributed by atoms with Gasteiger partial charge in [0.05, 0.1) is 15.0 Å². The van der Waals surface area contributed by atoms with Crippen LogP contribution in [-0.4, -0.2) is 21.7 Å². The number of benzene rings is 1. The van der Waals surface area contributed by atoms with Crippen LogP contribution < -0.4 is 0 Å². The maximum Gasteiger partial charge on any atom is 0.266 e. The van der Waals surface area contributed by atoms with Crippen molar-refractivity contribution in [3.8, 4) is 11.3 Å². The van der Waals surface area contributed by atoms with Crippen LogP contribution in [0, 0.1) is 5.92 Å². The lowest BCUT2D eigenvalue weighted by atomic mass is 9.99. The lowest BCUT2D eigenvalue weighted by Gasteiger charge is -2.21. The van der Waals surface area contributed by atoms with Gasteiger partial charge in [-0.05, 0) is 36.6 Å². The molecule has 1 aliphatic heterocycles. The fourth-order valence-corrected chi connectivity index (χ4v) is 4.88. The molecule has 1 unspecified atom stereocenters. The molecule has 3 rings (SSSR count). The number of thiocarbonyl (C=S) groups is 1. The molecule has 154 valence electrons.